The monoisotopic (exact) mass is 511 g/mol. The molecule has 0 radical (unpaired) electrons. The van der Waals surface area contributed by atoms with Crippen LogP contribution in [-0.2, 0) is 10.2 Å². The molecule has 0 amide bonds. The molecule has 29 heavy (non-hydrogen) atoms. The summed E-state index contributed by atoms with van der Waals surface area (Å²) in [5.74, 6) is 0.537. The number of benzene rings is 2. The van der Waals surface area contributed by atoms with Gasteiger partial charge in [0.15, 0.2) is 5.96 Å². The summed E-state index contributed by atoms with van der Waals surface area (Å²) >= 11 is 0. The molecule has 2 aromatic carbocycles. The Morgan fingerprint density at radius 1 is 1.17 bits per heavy atom. The van der Waals surface area contributed by atoms with Gasteiger partial charge in [0.05, 0.1) is 6.04 Å². The summed E-state index contributed by atoms with van der Waals surface area (Å²) in [6, 6.07) is 15.9. The number of hydrogen-bond acceptors (Lipinski definition) is 2. The molecule has 2 N–H and O–H groups in total. The second-order valence-electron chi connectivity index (χ2n) is 7.56. The first-order valence-corrected chi connectivity index (χ1v) is 9.90. The average Bonchev–Trinajstić information content (AvgIpc) is 2.74. The van der Waals surface area contributed by atoms with Crippen molar-refractivity contribution in [3.8, 4) is 0 Å². The largest absolute Gasteiger partial charge is 0.381 e. The van der Waals surface area contributed by atoms with Gasteiger partial charge in [0.1, 0.15) is 5.82 Å². The predicted molar refractivity (Wildman–Crippen MR) is 128 cm³/mol. The Kier molecular flexibility index (Phi) is 8.89. The van der Waals surface area contributed by atoms with E-state index in [1.807, 2.05) is 25.1 Å². The van der Waals surface area contributed by atoms with Crippen LogP contribution < -0.4 is 10.6 Å². The van der Waals surface area contributed by atoms with Crippen molar-refractivity contribution in [2.75, 3.05) is 26.8 Å². The number of hydrogen-bond donors (Lipinski definition) is 2. The molecule has 1 aliphatic rings. The maximum Gasteiger partial charge on any atom is 0.191 e. The normalized spacial score (nSPS) is 17.2. The van der Waals surface area contributed by atoms with Gasteiger partial charge in [-0.3, -0.25) is 4.99 Å². The lowest BCUT2D eigenvalue weighted by molar-refractivity contribution is 0.0513. The van der Waals surface area contributed by atoms with E-state index in [9.17, 15) is 4.39 Å². The highest BCUT2D eigenvalue weighted by atomic mass is 127. The molecular formula is C23H31FIN3O. The molecule has 1 atom stereocenters. The molecule has 1 aliphatic heterocycles. The van der Waals surface area contributed by atoms with Crippen LogP contribution in [0, 0.1) is 12.7 Å². The Balaban J connectivity index is 0.00000300. The molecule has 6 heteroatoms. The molecule has 0 saturated carbocycles. The zero-order valence-electron chi connectivity index (χ0n) is 17.4. The van der Waals surface area contributed by atoms with Crippen molar-refractivity contribution >= 4 is 29.9 Å². The summed E-state index contributed by atoms with van der Waals surface area (Å²) < 4.78 is 19.5. The smallest absolute Gasteiger partial charge is 0.191 e. The lowest BCUT2D eigenvalue weighted by atomic mass is 9.74. The minimum atomic E-state index is -0.181. The summed E-state index contributed by atoms with van der Waals surface area (Å²) in [6.45, 7) is 6.09. The number of guanidine groups is 1. The third-order valence-electron chi connectivity index (χ3n) is 5.70. The van der Waals surface area contributed by atoms with Crippen LogP contribution in [0.4, 0.5) is 4.39 Å². The van der Waals surface area contributed by atoms with Crippen LogP contribution in [-0.4, -0.2) is 32.8 Å². The number of halogens is 2. The van der Waals surface area contributed by atoms with E-state index in [1.54, 1.807) is 20.0 Å². The molecule has 1 unspecified atom stereocenters. The van der Waals surface area contributed by atoms with Crippen LogP contribution in [0.1, 0.15) is 42.5 Å². The zero-order chi connectivity index (χ0) is 20.0. The molecule has 0 aliphatic carbocycles. The number of aryl methyl sites for hydroxylation is 1. The van der Waals surface area contributed by atoms with Crippen molar-refractivity contribution in [1.29, 1.82) is 0 Å². The Hall–Kier alpha value is -1.67. The van der Waals surface area contributed by atoms with Gasteiger partial charge in [0, 0.05) is 32.2 Å². The Bertz CT molecular complexity index is 807. The fourth-order valence-electron chi connectivity index (χ4n) is 3.74. The molecule has 2 aromatic rings. The molecule has 0 aromatic heterocycles. The minimum Gasteiger partial charge on any atom is -0.381 e. The maximum absolute atomic E-state index is 13.9. The average molecular weight is 511 g/mol. The lowest BCUT2D eigenvalue weighted by Gasteiger charge is -2.38. The van der Waals surface area contributed by atoms with Gasteiger partial charge in [0.25, 0.3) is 0 Å². The van der Waals surface area contributed by atoms with Gasteiger partial charge in [-0.2, -0.15) is 0 Å². The fourth-order valence-corrected chi connectivity index (χ4v) is 3.74. The quantitative estimate of drug-likeness (QED) is 0.347. The molecule has 1 saturated heterocycles. The second kappa shape index (κ2) is 10.9. The molecule has 0 spiro atoms. The van der Waals surface area contributed by atoms with Gasteiger partial charge in [0.2, 0.25) is 0 Å². The molecule has 4 nitrogen and oxygen atoms in total. The van der Waals surface area contributed by atoms with Crippen molar-refractivity contribution < 1.29 is 9.13 Å². The van der Waals surface area contributed by atoms with Gasteiger partial charge >= 0.3 is 0 Å². The summed E-state index contributed by atoms with van der Waals surface area (Å²) in [4.78, 5) is 4.37. The van der Waals surface area contributed by atoms with E-state index in [0.717, 1.165) is 44.1 Å². The van der Waals surface area contributed by atoms with Gasteiger partial charge < -0.3 is 15.4 Å². The van der Waals surface area contributed by atoms with Crippen LogP contribution in [0.25, 0.3) is 0 Å². The van der Waals surface area contributed by atoms with Crippen molar-refractivity contribution in [3.63, 3.8) is 0 Å². The summed E-state index contributed by atoms with van der Waals surface area (Å²) in [6.07, 6.45) is 1.94. The minimum absolute atomic E-state index is 0. The van der Waals surface area contributed by atoms with E-state index in [0.29, 0.717) is 5.56 Å². The van der Waals surface area contributed by atoms with Gasteiger partial charge in [-0.15, -0.1) is 24.0 Å². The highest BCUT2D eigenvalue weighted by Gasteiger charge is 2.34. The first kappa shape index (κ1) is 23.6. The predicted octanol–water partition coefficient (Wildman–Crippen LogP) is 4.73. The number of nitrogens with one attached hydrogen (secondary N) is 2. The van der Waals surface area contributed by atoms with Crippen LogP contribution in [0.2, 0.25) is 0 Å². The van der Waals surface area contributed by atoms with Crippen molar-refractivity contribution in [2.24, 2.45) is 4.99 Å². The maximum atomic E-state index is 13.9. The van der Waals surface area contributed by atoms with Crippen LogP contribution in [0.3, 0.4) is 0 Å². The van der Waals surface area contributed by atoms with Crippen LogP contribution in [0.15, 0.2) is 53.5 Å². The highest BCUT2D eigenvalue weighted by molar-refractivity contribution is 14.0. The van der Waals surface area contributed by atoms with E-state index < -0.39 is 0 Å². The van der Waals surface area contributed by atoms with E-state index in [4.69, 9.17) is 4.74 Å². The molecule has 3 rings (SSSR count). The molecule has 1 fully saturated rings. The third-order valence-corrected chi connectivity index (χ3v) is 5.70. The number of rotatable bonds is 5. The zero-order valence-corrected chi connectivity index (χ0v) is 19.7. The van der Waals surface area contributed by atoms with Gasteiger partial charge in [-0.05, 0) is 49.4 Å². The third kappa shape index (κ3) is 5.92. The summed E-state index contributed by atoms with van der Waals surface area (Å²) in [5.41, 5.74) is 2.91. The first-order chi connectivity index (χ1) is 13.5. The second-order valence-corrected chi connectivity index (χ2v) is 7.56. The topological polar surface area (TPSA) is 45.7 Å². The molecule has 1 heterocycles. The van der Waals surface area contributed by atoms with E-state index >= 15 is 0 Å². The van der Waals surface area contributed by atoms with Gasteiger partial charge in [-0.1, -0.05) is 42.5 Å². The Morgan fingerprint density at radius 3 is 2.48 bits per heavy atom. The number of nitrogens with zero attached hydrogens (tertiary/aromatic N) is 1. The first-order valence-electron chi connectivity index (χ1n) is 9.90. The lowest BCUT2D eigenvalue weighted by Crippen LogP contribution is -2.48. The van der Waals surface area contributed by atoms with E-state index in [2.05, 4.69) is 39.9 Å². The van der Waals surface area contributed by atoms with Crippen molar-refractivity contribution in [2.45, 2.75) is 38.1 Å². The summed E-state index contributed by atoms with van der Waals surface area (Å²) in [7, 11) is 1.76. The molecular weight excluding hydrogens is 480 g/mol. The molecule has 0 bridgehead atoms. The van der Waals surface area contributed by atoms with Crippen molar-refractivity contribution in [3.05, 3.63) is 71.0 Å². The van der Waals surface area contributed by atoms with Crippen LogP contribution >= 0.6 is 24.0 Å². The Morgan fingerprint density at radius 2 is 1.86 bits per heavy atom. The van der Waals surface area contributed by atoms with E-state index in [-0.39, 0.29) is 41.3 Å². The SMILES string of the molecule is CN=C(NCC1(c2ccccc2)CCOCC1)NC(C)c1ccc(C)c(F)c1.I. The number of ether oxygens (including phenoxy) is 1. The Labute approximate surface area is 190 Å². The van der Waals surface area contributed by atoms with Crippen molar-refractivity contribution in [1.82, 2.24) is 10.6 Å². The summed E-state index contributed by atoms with van der Waals surface area (Å²) in [5, 5.41) is 6.87. The van der Waals surface area contributed by atoms with Gasteiger partial charge in [-0.25, -0.2) is 4.39 Å². The van der Waals surface area contributed by atoms with Crippen LogP contribution in [0.5, 0.6) is 0 Å². The highest BCUT2D eigenvalue weighted by Crippen LogP contribution is 2.34. The standard InChI is InChI=1S/C23H30FN3O.HI/c1-17-9-10-19(15-21(17)24)18(2)27-22(25-3)26-16-23(11-13-28-14-12-23)20-7-5-4-6-8-20;/h4-10,15,18H,11-14,16H2,1-3H3,(H2,25,26,27);1H. The fraction of sp³-hybridized carbons (Fsp3) is 0.435. The van der Waals surface area contributed by atoms with E-state index in [1.165, 1.54) is 5.56 Å². The number of aliphatic imine (C=N–C) groups is 1. The molecule has 158 valence electrons.